The van der Waals surface area contributed by atoms with Crippen molar-refractivity contribution in [2.24, 2.45) is 17.8 Å². The van der Waals surface area contributed by atoms with Crippen molar-refractivity contribution in [2.75, 3.05) is 6.61 Å². The zero-order valence-corrected chi connectivity index (χ0v) is 15.3. The molecule has 2 heterocycles. The predicted octanol–water partition coefficient (Wildman–Crippen LogP) is 4.01. The maximum atomic E-state index is 12.4. The van der Waals surface area contributed by atoms with Gasteiger partial charge in [0.2, 0.25) is 0 Å². The Kier molecular flexibility index (Phi) is 4.32. The number of hydrogen-bond donors (Lipinski definition) is 0. The van der Waals surface area contributed by atoms with Crippen LogP contribution >= 0.6 is 0 Å². The van der Waals surface area contributed by atoms with Crippen molar-refractivity contribution in [3.05, 3.63) is 0 Å². The second-order valence-electron chi connectivity index (χ2n) is 9.36. The molecule has 3 saturated carbocycles. The van der Waals surface area contributed by atoms with E-state index < -0.39 is 0 Å². The fourth-order valence-corrected chi connectivity index (χ4v) is 5.87. The van der Waals surface area contributed by atoms with Crippen LogP contribution in [0.1, 0.15) is 77.0 Å². The summed E-state index contributed by atoms with van der Waals surface area (Å²) in [6, 6.07) is 0. The van der Waals surface area contributed by atoms with Gasteiger partial charge in [0.25, 0.3) is 0 Å². The van der Waals surface area contributed by atoms with Crippen LogP contribution in [0.3, 0.4) is 0 Å². The predicted molar refractivity (Wildman–Crippen MR) is 93.1 cm³/mol. The standard InChI is InChI=1S/C21H32O4/c22-20(23-13-15-6-9-17-18(11-15)24-17)16-7-4-14(5-8-16)12-21-10-2-1-3-19(21)25-21/h14-19H,1-13H2. The van der Waals surface area contributed by atoms with Gasteiger partial charge in [0, 0.05) is 0 Å². The van der Waals surface area contributed by atoms with Crippen molar-refractivity contribution in [1.29, 1.82) is 0 Å². The van der Waals surface area contributed by atoms with Crippen LogP contribution in [0, 0.1) is 17.8 Å². The molecule has 5 atom stereocenters. The van der Waals surface area contributed by atoms with Crippen molar-refractivity contribution in [1.82, 2.24) is 0 Å². The quantitative estimate of drug-likeness (QED) is 0.556. The molecule has 4 heteroatoms. The third-order valence-corrected chi connectivity index (χ3v) is 7.61. The fourth-order valence-electron chi connectivity index (χ4n) is 5.87. The third-order valence-electron chi connectivity index (χ3n) is 7.61. The number of epoxide rings is 2. The Balaban J connectivity index is 1.03. The summed E-state index contributed by atoms with van der Waals surface area (Å²) in [6.07, 6.45) is 15.8. The van der Waals surface area contributed by atoms with E-state index in [4.69, 9.17) is 14.2 Å². The minimum Gasteiger partial charge on any atom is -0.465 e. The highest BCUT2D eigenvalue weighted by Gasteiger charge is 2.57. The molecule has 2 aliphatic heterocycles. The summed E-state index contributed by atoms with van der Waals surface area (Å²) in [5.74, 6) is 1.49. The average molecular weight is 348 g/mol. The van der Waals surface area contributed by atoms with Crippen LogP contribution < -0.4 is 0 Å². The zero-order chi connectivity index (χ0) is 16.9. The lowest BCUT2D eigenvalue weighted by Gasteiger charge is -2.30. The van der Waals surface area contributed by atoms with E-state index in [0.717, 1.165) is 38.0 Å². The van der Waals surface area contributed by atoms with E-state index in [2.05, 4.69) is 0 Å². The minimum atomic E-state index is 0.0636. The molecule has 3 aliphatic carbocycles. The fraction of sp³-hybridized carbons (Fsp3) is 0.952. The van der Waals surface area contributed by atoms with Crippen molar-refractivity contribution < 1.29 is 19.0 Å². The van der Waals surface area contributed by atoms with Crippen LogP contribution in [0.5, 0.6) is 0 Å². The van der Waals surface area contributed by atoms with Crippen LogP contribution in [0.4, 0.5) is 0 Å². The minimum absolute atomic E-state index is 0.0636. The molecule has 0 aromatic rings. The Hall–Kier alpha value is -0.610. The van der Waals surface area contributed by atoms with Crippen LogP contribution in [0.25, 0.3) is 0 Å². The smallest absolute Gasteiger partial charge is 0.308 e. The van der Waals surface area contributed by atoms with Crippen LogP contribution in [-0.2, 0) is 19.0 Å². The number of carbonyl (C=O) groups is 1. The molecule has 5 aliphatic rings. The Labute approximate surface area is 151 Å². The highest BCUT2D eigenvalue weighted by Crippen LogP contribution is 2.53. The van der Waals surface area contributed by atoms with Gasteiger partial charge in [-0.05, 0) is 76.0 Å². The number of hydrogen-bond acceptors (Lipinski definition) is 4. The molecule has 0 aromatic carbocycles. The summed E-state index contributed by atoms with van der Waals surface area (Å²) < 4.78 is 17.3. The molecule has 5 unspecified atom stereocenters. The van der Waals surface area contributed by atoms with Gasteiger partial charge in [-0.3, -0.25) is 4.79 Å². The number of carbonyl (C=O) groups excluding carboxylic acids is 1. The van der Waals surface area contributed by atoms with E-state index in [0.29, 0.717) is 30.8 Å². The Morgan fingerprint density at radius 3 is 2.60 bits per heavy atom. The topological polar surface area (TPSA) is 51.4 Å². The maximum absolute atomic E-state index is 12.4. The van der Waals surface area contributed by atoms with E-state index in [-0.39, 0.29) is 17.5 Å². The van der Waals surface area contributed by atoms with E-state index in [1.807, 2.05) is 0 Å². The van der Waals surface area contributed by atoms with Crippen LogP contribution in [0.2, 0.25) is 0 Å². The number of fused-ring (bicyclic) bond motifs is 2. The van der Waals surface area contributed by atoms with Crippen LogP contribution in [0.15, 0.2) is 0 Å². The lowest BCUT2D eigenvalue weighted by atomic mass is 9.75. The Morgan fingerprint density at radius 2 is 1.80 bits per heavy atom. The molecule has 0 aromatic heterocycles. The van der Waals surface area contributed by atoms with Crippen molar-refractivity contribution >= 4 is 5.97 Å². The molecule has 4 nitrogen and oxygen atoms in total. The number of esters is 1. The van der Waals surface area contributed by atoms with Crippen molar-refractivity contribution in [3.8, 4) is 0 Å². The second kappa shape index (κ2) is 6.53. The molecular weight excluding hydrogens is 316 g/mol. The molecule has 0 amide bonds. The Morgan fingerprint density at radius 1 is 0.960 bits per heavy atom. The summed E-state index contributed by atoms with van der Waals surface area (Å²) in [5, 5.41) is 0. The van der Waals surface area contributed by atoms with Gasteiger partial charge in [-0.15, -0.1) is 0 Å². The molecule has 0 bridgehead atoms. The first-order chi connectivity index (χ1) is 12.2. The SMILES string of the molecule is O=C(OCC1CCC2OC2C1)C1CCC(CC23CCCCC2O3)CC1. The first-order valence-electron chi connectivity index (χ1n) is 10.7. The monoisotopic (exact) mass is 348 g/mol. The zero-order valence-electron chi connectivity index (χ0n) is 15.3. The van der Waals surface area contributed by atoms with Gasteiger partial charge in [0.15, 0.2) is 0 Å². The molecular formula is C21H32O4. The molecule has 140 valence electrons. The third kappa shape index (κ3) is 3.49. The highest BCUT2D eigenvalue weighted by atomic mass is 16.6. The van der Waals surface area contributed by atoms with Gasteiger partial charge in [-0.2, -0.15) is 0 Å². The second-order valence-corrected chi connectivity index (χ2v) is 9.36. The molecule has 2 saturated heterocycles. The molecule has 0 spiro atoms. The van der Waals surface area contributed by atoms with Gasteiger partial charge >= 0.3 is 5.97 Å². The summed E-state index contributed by atoms with van der Waals surface area (Å²) >= 11 is 0. The van der Waals surface area contributed by atoms with Crippen molar-refractivity contribution in [2.45, 2.75) is 101 Å². The lowest BCUT2D eigenvalue weighted by Crippen LogP contribution is -2.29. The van der Waals surface area contributed by atoms with Crippen LogP contribution in [-0.4, -0.2) is 36.5 Å². The lowest BCUT2D eigenvalue weighted by molar-refractivity contribution is -0.151. The Bertz CT molecular complexity index is 512. The number of ether oxygens (including phenoxy) is 3. The van der Waals surface area contributed by atoms with Gasteiger partial charge < -0.3 is 14.2 Å². The first kappa shape index (κ1) is 16.6. The molecule has 25 heavy (non-hydrogen) atoms. The molecule has 5 fully saturated rings. The van der Waals surface area contributed by atoms with Gasteiger partial charge in [0.1, 0.15) is 0 Å². The highest BCUT2D eigenvalue weighted by molar-refractivity contribution is 5.72. The summed E-state index contributed by atoms with van der Waals surface area (Å²) in [6.45, 7) is 0.615. The number of rotatable bonds is 5. The van der Waals surface area contributed by atoms with Crippen molar-refractivity contribution in [3.63, 3.8) is 0 Å². The van der Waals surface area contributed by atoms with E-state index >= 15 is 0 Å². The van der Waals surface area contributed by atoms with Gasteiger partial charge in [0.05, 0.1) is 36.4 Å². The molecule has 5 rings (SSSR count). The van der Waals surface area contributed by atoms with E-state index in [9.17, 15) is 4.79 Å². The van der Waals surface area contributed by atoms with E-state index in [1.54, 1.807) is 0 Å². The average Bonchev–Trinajstić information content (AvgIpc) is 3.53. The summed E-state index contributed by atoms with van der Waals surface area (Å²) in [5.41, 5.74) is 0.250. The normalized spacial score (nSPS) is 48.2. The summed E-state index contributed by atoms with van der Waals surface area (Å²) in [7, 11) is 0. The largest absolute Gasteiger partial charge is 0.465 e. The van der Waals surface area contributed by atoms with Gasteiger partial charge in [-0.25, -0.2) is 0 Å². The molecule has 0 radical (unpaired) electrons. The summed E-state index contributed by atoms with van der Waals surface area (Å²) in [4.78, 5) is 12.4. The first-order valence-corrected chi connectivity index (χ1v) is 10.7. The van der Waals surface area contributed by atoms with Gasteiger partial charge in [-0.1, -0.05) is 12.8 Å². The molecule has 0 N–H and O–H groups in total. The van der Waals surface area contributed by atoms with E-state index in [1.165, 1.54) is 44.9 Å². The maximum Gasteiger partial charge on any atom is 0.308 e.